The summed E-state index contributed by atoms with van der Waals surface area (Å²) >= 11 is 0. The van der Waals surface area contributed by atoms with E-state index in [0.717, 1.165) is 0 Å². The van der Waals surface area contributed by atoms with Crippen LogP contribution in [0.5, 0.6) is 0 Å². The molecule has 2 amide bonds. The first-order valence-corrected chi connectivity index (χ1v) is 9.85. The van der Waals surface area contributed by atoms with Gasteiger partial charge in [0.05, 0.1) is 22.8 Å². The number of nitrogens with zero attached hydrogens (tertiary/aromatic N) is 2. The number of hydrogen-bond donors (Lipinski definition) is 3. The molecule has 0 aliphatic carbocycles. The summed E-state index contributed by atoms with van der Waals surface area (Å²) in [6.45, 7) is 0.142. The first-order valence-electron chi connectivity index (χ1n) is 8.37. The third-order valence-electron chi connectivity index (χ3n) is 3.54. The lowest BCUT2D eigenvalue weighted by atomic mass is 10.2. The highest BCUT2D eigenvalue weighted by Crippen LogP contribution is 2.10. The van der Waals surface area contributed by atoms with E-state index in [1.165, 1.54) is 30.5 Å². The van der Waals surface area contributed by atoms with Crippen LogP contribution in [0.15, 0.2) is 53.7 Å². The lowest BCUT2D eigenvalue weighted by Gasteiger charge is -2.08. The third kappa shape index (κ3) is 6.46. The van der Waals surface area contributed by atoms with Crippen LogP contribution in [-0.4, -0.2) is 38.3 Å². The Bertz CT molecular complexity index is 954. The number of aromatic nitrogens is 1. The Kier molecular flexibility index (Phi) is 7.62. The zero-order valence-electron chi connectivity index (χ0n) is 14.9. The molecule has 146 valence electrons. The summed E-state index contributed by atoms with van der Waals surface area (Å²) in [5, 5.41) is 13.7. The molecule has 0 spiro atoms. The van der Waals surface area contributed by atoms with Crippen LogP contribution in [0, 0.1) is 11.3 Å². The fourth-order valence-corrected chi connectivity index (χ4v) is 3.19. The van der Waals surface area contributed by atoms with Crippen LogP contribution < -0.4 is 15.4 Å². The average molecular weight is 401 g/mol. The minimum Gasteiger partial charge on any atom is -0.352 e. The van der Waals surface area contributed by atoms with Gasteiger partial charge in [0.25, 0.3) is 5.91 Å². The second kappa shape index (κ2) is 10.1. The molecular formula is C18H19N5O4S. The van der Waals surface area contributed by atoms with Gasteiger partial charge in [-0.25, -0.2) is 13.1 Å². The van der Waals surface area contributed by atoms with E-state index >= 15 is 0 Å². The molecule has 1 heterocycles. The monoisotopic (exact) mass is 401 g/mol. The molecule has 0 saturated heterocycles. The molecule has 0 aliphatic heterocycles. The second-order valence-corrected chi connectivity index (χ2v) is 7.39. The van der Waals surface area contributed by atoms with Crippen molar-refractivity contribution in [3.05, 3.63) is 54.4 Å². The number of nitrogens with one attached hydrogen (secondary N) is 3. The van der Waals surface area contributed by atoms with Gasteiger partial charge in [0.15, 0.2) is 0 Å². The Morgan fingerprint density at radius 3 is 2.50 bits per heavy atom. The maximum atomic E-state index is 12.1. The third-order valence-corrected chi connectivity index (χ3v) is 5.02. The van der Waals surface area contributed by atoms with Crippen molar-refractivity contribution < 1.29 is 18.0 Å². The molecule has 0 bridgehead atoms. The molecule has 28 heavy (non-hydrogen) atoms. The largest absolute Gasteiger partial charge is 0.352 e. The summed E-state index contributed by atoms with van der Waals surface area (Å²) in [7, 11) is -3.72. The number of carbonyl (C=O) groups is 2. The van der Waals surface area contributed by atoms with E-state index in [1.807, 2.05) is 6.07 Å². The number of anilines is 1. The molecule has 9 nitrogen and oxygen atoms in total. The summed E-state index contributed by atoms with van der Waals surface area (Å²) in [4.78, 5) is 27.8. The zero-order valence-corrected chi connectivity index (χ0v) is 15.7. The topological polar surface area (TPSA) is 141 Å². The maximum absolute atomic E-state index is 12.1. The first-order chi connectivity index (χ1) is 13.4. The Morgan fingerprint density at radius 2 is 1.86 bits per heavy atom. The van der Waals surface area contributed by atoms with Gasteiger partial charge in [-0.1, -0.05) is 0 Å². The highest BCUT2D eigenvalue weighted by Gasteiger charge is 2.14. The number of hydrogen-bond acceptors (Lipinski definition) is 6. The molecule has 0 unspecified atom stereocenters. The fourth-order valence-electron chi connectivity index (χ4n) is 2.16. The van der Waals surface area contributed by atoms with Crippen LogP contribution in [0.3, 0.4) is 0 Å². The zero-order chi connectivity index (χ0) is 20.4. The van der Waals surface area contributed by atoms with Gasteiger partial charge < -0.3 is 10.6 Å². The molecule has 10 heteroatoms. The second-order valence-electron chi connectivity index (χ2n) is 5.63. The fraction of sp³-hybridized carbons (Fsp3) is 0.222. The van der Waals surface area contributed by atoms with Crippen LogP contribution in [-0.2, 0) is 14.8 Å². The molecule has 0 fully saturated rings. The van der Waals surface area contributed by atoms with E-state index < -0.39 is 15.9 Å². The van der Waals surface area contributed by atoms with Gasteiger partial charge in [-0.3, -0.25) is 14.6 Å². The van der Waals surface area contributed by atoms with Crippen LogP contribution in [0.2, 0.25) is 0 Å². The Labute approximate surface area is 162 Å². The summed E-state index contributed by atoms with van der Waals surface area (Å²) in [5.41, 5.74) is 0.836. The lowest BCUT2D eigenvalue weighted by molar-refractivity contribution is -0.116. The van der Waals surface area contributed by atoms with Gasteiger partial charge in [-0.05, 0) is 36.4 Å². The van der Waals surface area contributed by atoms with E-state index in [4.69, 9.17) is 5.26 Å². The van der Waals surface area contributed by atoms with E-state index in [2.05, 4.69) is 20.3 Å². The van der Waals surface area contributed by atoms with Crippen molar-refractivity contribution in [2.24, 2.45) is 0 Å². The summed E-state index contributed by atoms with van der Waals surface area (Å²) in [5.74, 6) is -0.686. The number of benzene rings is 1. The molecule has 1 aromatic carbocycles. The molecule has 2 aromatic rings. The van der Waals surface area contributed by atoms with Crippen molar-refractivity contribution in [2.45, 2.75) is 17.7 Å². The first kappa shape index (κ1) is 21.0. The maximum Gasteiger partial charge on any atom is 0.251 e. The molecule has 0 saturated carbocycles. The normalized spacial score (nSPS) is 10.7. The minimum absolute atomic E-state index is 0.00200. The van der Waals surface area contributed by atoms with Crippen LogP contribution in [0.4, 0.5) is 5.69 Å². The Balaban J connectivity index is 1.82. The predicted molar refractivity (Wildman–Crippen MR) is 102 cm³/mol. The van der Waals surface area contributed by atoms with Crippen molar-refractivity contribution in [3.63, 3.8) is 0 Å². The lowest BCUT2D eigenvalue weighted by Crippen LogP contribution is -2.28. The number of pyridine rings is 1. The summed E-state index contributed by atoms with van der Waals surface area (Å²) in [6.07, 6.45) is 3.25. The van der Waals surface area contributed by atoms with E-state index in [0.29, 0.717) is 5.69 Å². The van der Waals surface area contributed by atoms with Gasteiger partial charge in [-0.15, -0.1) is 0 Å². The van der Waals surface area contributed by atoms with Gasteiger partial charge >= 0.3 is 0 Å². The quantitative estimate of drug-likeness (QED) is 0.536. The van der Waals surface area contributed by atoms with Gasteiger partial charge in [0.1, 0.15) is 0 Å². The summed E-state index contributed by atoms with van der Waals surface area (Å²) < 4.78 is 26.3. The standard InChI is InChI=1S/C18H19N5O4S/c19-9-2-11-22-28(26,27)16-6-4-14(5-7-16)18(25)21-12-8-17(24)23-15-3-1-10-20-13-15/h1,3-7,10,13,22H,2,8,11-12H2,(H,21,25)(H,23,24). The van der Waals surface area contributed by atoms with Gasteiger partial charge in [0.2, 0.25) is 15.9 Å². The molecular weight excluding hydrogens is 382 g/mol. The SMILES string of the molecule is N#CCCNS(=O)(=O)c1ccc(C(=O)NCCC(=O)Nc2cccnc2)cc1. The number of amides is 2. The van der Waals surface area contributed by atoms with Crippen molar-refractivity contribution in [1.82, 2.24) is 15.0 Å². The van der Waals surface area contributed by atoms with Crippen molar-refractivity contribution >= 4 is 27.5 Å². The molecule has 3 N–H and O–H groups in total. The molecule has 0 aliphatic rings. The van der Waals surface area contributed by atoms with E-state index in [9.17, 15) is 18.0 Å². The van der Waals surface area contributed by atoms with Crippen LogP contribution in [0.1, 0.15) is 23.2 Å². The molecule has 1 aromatic heterocycles. The Hall–Kier alpha value is -3.29. The molecule has 0 atom stereocenters. The number of nitriles is 1. The highest BCUT2D eigenvalue weighted by atomic mass is 32.2. The van der Waals surface area contributed by atoms with Crippen molar-refractivity contribution in [2.75, 3.05) is 18.4 Å². The highest BCUT2D eigenvalue weighted by molar-refractivity contribution is 7.89. The Morgan fingerprint density at radius 1 is 1.11 bits per heavy atom. The number of sulfonamides is 1. The van der Waals surface area contributed by atoms with Gasteiger partial charge in [0, 0.05) is 37.7 Å². The van der Waals surface area contributed by atoms with Crippen LogP contribution >= 0.6 is 0 Å². The van der Waals surface area contributed by atoms with Crippen molar-refractivity contribution in [1.29, 1.82) is 5.26 Å². The molecule has 0 radical (unpaired) electrons. The molecule has 2 rings (SSSR count). The summed E-state index contributed by atoms with van der Waals surface area (Å²) in [6, 6.07) is 10.6. The number of carbonyl (C=O) groups excluding carboxylic acids is 2. The van der Waals surface area contributed by atoms with Crippen molar-refractivity contribution in [3.8, 4) is 6.07 Å². The van der Waals surface area contributed by atoms with Crippen LogP contribution in [0.25, 0.3) is 0 Å². The van der Waals surface area contributed by atoms with E-state index in [1.54, 1.807) is 18.3 Å². The van der Waals surface area contributed by atoms with Gasteiger partial charge in [-0.2, -0.15) is 5.26 Å². The number of rotatable bonds is 9. The van der Waals surface area contributed by atoms with E-state index in [-0.39, 0.29) is 42.3 Å². The minimum atomic E-state index is -3.72. The average Bonchev–Trinajstić information content (AvgIpc) is 2.69. The predicted octanol–water partition coefficient (Wildman–Crippen LogP) is 1.03. The smallest absolute Gasteiger partial charge is 0.251 e.